The van der Waals surface area contributed by atoms with Crippen LogP contribution in [0, 0.1) is 11.8 Å². The minimum Gasteiger partial charge on any atom is -0.388 e. The predicted molar refractivity (Wildman–Crippen MR) is 99.5 cm³/mol. The van der Waals surface area contributed by atoms with E-state index in [0.717, 1.165) is 19.3 Å². The van der Waals surface area contributed by atoms with Crippen LogP contribution >= 0.6 is 0 Å². The zero-order valence-corrected chi connectivity index (χ0v) is 15.3. The summed E-state index contributed by atoms with van der Waals surface area (Å²) in [6.07, 6.45) is 3.43. The number of hydrogen-bond acceptors (Lipinski definition) is 3. The maximum Gasteiger partial charge on any atom is 0.319 e. The highest BCUT2D eigenvalue weighted by atomic mass is 16.3. The first-order valence-corrected chi connectivity index (χ1v) is 8.93. The van der Waals surface area contributed by atoms with E-state index in [4.69, 9.17) is 0 Å². The van der Waals surface area contributed by atoms with Crippen LogP contribution in [0.15, 0.2) is 24.3 Å². The molecular weight excluding hydrogens is 318 g/mol. The van der Waals surface area contributed by atoms with E-state index in [0.29, 0.717) is 23.7 Å². The second-order valence-corrected chi connectivity index (χ2v) is 7.58. The van der Waals surface area contributed by atoms with E-state index >= 15 is 0 Å². The molecule has 0 heterocycles. The molecule has 6 nitrogen and oxygen atoms in total. The fourth-order valence-corrected chi connectivity index (χ4v) is 2.40. The van der Waals surface area contributed by atoms with Crippen molar-refractivity contribution in [3.05, 3.63) is 24.3 Å². The van der Waals surface area contributed by atoms with Crippen molar-refractivity contribution in [3.63, 3.8) is 0 Å². The highest BCUT2D eigenvalue weighted by molar-refractivity contribution is 5.95. The molecule has 1 fully saturated rings. The van der Waals surface area contributed by atoms with Gasteiger partial charge < -0.3 is 21.1 Å². The highest BCUT2D eigenvalue weighted by Gasteiger charge is 2.29. The molecule has 1 unspecified atom stereocenters. The summed E-state index contributed by atoms with van der Waals surface area (Å²) in [5, 5.41) is 18.6. The van der Waals surface area contributed by atoms with Crippen LogP contribution in [0.5, 0.6) is 0 Å². The normalized spacial score (nSPS) is 16.2. The first kappa shape index (κ1) is 19.2. The van der Waals surface area contributed by atoms with Gasteiger partial charge in [-0.05, 0) is 56.7 Å². The summed E-state index contributed by atoms with van der Waals surface area (Å²) in [5.41, 5.74) is 0.327. The lowest BCUT2D eigenvalue weighted by atomic mass is 9.95. The van der Waals surface area contributed by atoms with Crippen molar-refractivity contribution in [1.29, 1.82) is 0 Å². The smallest absolute Gasteiger partial charge is 0.319 e. The van der Waals surface area contributed by atoms with Gasteiger partial charge >= 0.3 is 6.03 Å². The second-order valence-electron chi connectivity index (χ2n) is 7.58. The molecule has 2 rings (SSSR count). The quantitative estimate of drug-likeness (QED) is 0.581. The molecule has 6 heteroatoms. The zero-order chi connectivity index (χ0) is 18.4. The number of rotatable bonds is 8. The number of carbonyl (C=O) groups excluding carboxylic acids is 2. The molecule has 0 aromatic heterocycles. The summed E-state index contributed by atoms with van der Waals surface area (Å²) in [7, 11) is 0. The van der Waals surface area contributed by atoms with Crippen molar-refractivity contribution in [2.75, 3.05) is 17.2 Å². The molecule has 1 aliphatic carbocycles. The lowest BCUT2D eigenvalue weighted by Crippen LogP contribution is -2.42. The predicted octanol–water partition coefficient (Wildman–Crippen LogP) is 3.34. The number of benzene rings is 1. The summed E-state index contributed by atoms with van der Waals surface area (Å²) < 4.78 is 0. The fourth-order valence-electron chi connectivity index (χ4n) is 2.40. The molecule has 0 bridgehead atoms. The van der Waals surface area contributed by atoms with Crippen LogP contribution in [-0.2, 0) is 4.79 Å². The highest BCUT2D eigenvalue weighted by Crippen LogP contribution is 2.30. The van der Waals surface area contributed by atoms with Crippen molar-refractivity contribution < 1.29 is 14.7 Å². The Morgan fingerprint density at radius 2 is 1.88 bits per heavy atom. The molecule has 0 saturated heterocycles. The van der Waals surface area contributed by atoms with Gasteiger partial charge in [-0.3, -0.25) is 4.79 Å². The van der Waals surface area contributed by atoms with Crippen molar-refractivity contribution >= 4 is 23.3 Å². The molecule has 1 aliphatic rings. The Labute approximate surface area is 149 Å². The standard InChI is InChI=1S/C19H29N3O3/c1-13(2)9-10-19(3,25)12-20-18(24)22-16-6-4-5-15(11-16)21-17(23)14-7-8-14/h4-6,11,13-14,25H,7-10,12H2,1-3H3,(H,21,23)(H2,20,22,24). The van der Waals surface area contributed by atoms with E-state index in [1.54, 1.807) is 31.2 Å². The summed E-state index contributed by atoms with van der Waals surface area (Å²) in [6.45, 7) is 6.11. The van der Waals surface area contributed by atoms with Gasteiger partial charge in [-0.2, -0.15) is 0 Å². The molecule has 25 heavy (non-hydrogen) atoms. The Bertz CT molecular complexity index is 610. The van der Waals surface area contributed by atoms with Gasteiger partial charge in [0, 0.05) is 23.8 Å². The molecule has 0 spiro atoms. The Balaban J connectivity index is 1.80. The van der Waals surface area contributed by atoms with E-state index in [9.17, 15) is 14.7 Å². The third-order valence-corrected chi connectivity index (χ3v) is 4.23. The van der Waals surface area contributed by atoms with Crippen LogP contribution in [0.4, 0.5) is 16.2 Å². The van der Waals surface area contributed by atoms with E-state index < -0.39 is 5.60 Å². The van der Waals surface area contributed by atoms with Crippen LogP contribution in [-0.4, -0.2) is 29.2 Å². The molecular formula is C19H29N3O3. The van der Waals surface area contributed by atoms with E-state index in [1.165, 1.54) is 0 Å². The molecule has 1 aromatic rings. The van der Waals surface area contributed by atoms with E-state index in [1.807, 2.05) is 0 Å². The number of amides is 3. The molecule has 138 valence electrons. The minimum atomic E-state index is -0.929. The lowest BCUT2D eigenvalue weighted by molar-refractivity contribution is -0.117. The average Bonchev–Trinajstić information content (AvgIpc) is 3.37. The second kappa shape index (κ2) is 8.34. The Kier molecular flexibility index (Phi) is 6.42. The van der Waals surface area contributed by atoms with Gasteiger partial charge in [-0.1, -0.05) is 19.9 Å². The molecule has 1 atom stereocenters. The molecule has 0 aliphatic heterocycles. The van der Waals surface area contributed by atoms with Crippen molar-refractivity contribution in [1.82, 2.24) is 5.32 Å². The maximum absolute atomic E-state index is 12.0. The molecule has 1 saturated carbocycles. The summed E-state index contributed by atoms with van der Waals surface area (Å²) >= 11 is 0. The maximum atomic E-state index is 12.0. The third kappa shape index (κ3) is 7.13. The first-order chi connectivity index (χ1) is 11.7. The van der Waals surface area contributed by atoms with Crippen LogP contribution in [0.25, 0.3) is 0 Å². The number of urea groups is 1. The zero-order valence-electron chi connectivity index (χ0n) is 15.3. The number of aliphatic hydroxyl groups is 1. The average molecular weight is 347 g/mol. The molecule has 0 radical (unpaired) electrons. The van der Waals surface area contributed by atoms with Crippen LogP contribution < -0.4 is 16.0 Å². The van der Waals surface area contributed by atoms with Crippen molar-refractivity contribution in [3.8, 4) is 0 Å². The molecule has 1 aromatic carbocycles. The van der Waals surface area contributed by atoms with Crippen molar-refractivity contribution in [2.24, 2.45) is 11.8 Å². The first-order valence-electron chi connectivity index (χ1n) is 8.93. The van der Waals surface area contributed by atoms with Gasteiger partial charge in [0.1, 0.15) is 0 Å². The number of nitrogens with one attached hydrogen (secondary N) is 3. The monoisotopic (exact) mass is 347 g/mol. The Morgan fingerprint density at radius 3 is 2.48 bits per heavy atom. The molecule has 4 N–H and O–H groups in total. The van der Waals surface area contributed by atoms with Crippen LogP contribution in [0.1, 0.15) is 46.5 Å². The van der Waals surface area contributed by atoms with Crippen LogP contribution in [0.3, 0.4) is 0 Å². The minimum absolute atomic E-state index is 0.0304. The number of hydrogen-bond donors (Lipinski definition) is 4. The summed E-state index contributed by atoms with van der Waals surface area (Å²) in [5.74, 6) is 0.671. The summed E-state index contributed by atoms with van der Waals surface area (Å²) in [6, 6.07) is 6.66. The number of carbonyl (C=O) groups is 2. The van der Waals surface area contributed by atoms with Gasteiger partial charge in [-0.15, -0.1) is 0 Å². The van der Waals surface area contributed by atoms with Crippen molar-refractivity contribution in [2.45, 2.75) is 52.1 Å². The topological polar surface area (TPSA) is 90.5 Å². The molecule has 3 amide bonds. The SMILES string of the molecule is CC(C)CCC(C)(O)CNC(=O)Nc1cccc(NC(=O)C2CC2)c1. The number of anilines is 2. The van der Waals surface area contributed by atoms with Crippen LogP contribution in [0.2, 0.25) is 0 Å². The largest absolute Gasteiger partial charge is 0.388 e. The Hall–Kier alpha value is -2.08. The van der Waals surface area contributed by atoms with Gasteiger partial charge in [0.05, 0.1) is 5.60 Å². The third-order valence-electron chi connectivity index (χ3n) is 4.23. The van der Waals surface area contributed by atoms with Gasteiger partial charge in [0.2, 0.25) is 5.91 Å². The summed E-state index contributed by atoms with van der Waals surface area (Å²) in [4.78, 5) is 23.8. The van der Waals surface area contributed by atoms with E-state index in [2.05, 4.69) is 29.8 Å². The van der Waals surface area contributed by atoms with Gasteiger partial charge in [0.15, 0.2) is 0 Å². The van der Waals surface area contributed by atoms with Gasteiger partial charge in [0.25, 0.3) is 0 Å². The Morgan fingerprint density at radius 1 is 1.24 bits per heavy atom. The lowest BCUT2D eigenvalue weighted by Gasteiger charge is -2.24. The fraction of sp³-hybridized carbons (Fsp3) is 0.579. The van der Waals surface area contributed by atoms with Gasteiger partial charge in [-0.25, -0.2) is 4.79 Å². The van der Waals surface area contributed by atoms with E-state index in [-0.39, 0.29) is 24.4 Å².